The molecule has 5 aliphatic carbocycles. The summed E-state index contributed by atoms with van der Waals surface area (Å²) in [6, 6.07) is 0.653. The molecule has 5 aliphatic rings. The largest absolute Gasteiger partial charge is 0.393 e. The fraction of sp³-hybridized carbons (Fsp3) is 1.00. The van der Waals surface area contributed by atoms with Crippen molar-refractivity contribution >= 4 is 0 Å². The predicted molar refractivity (Wildman–Crippen MR) is 86.0 cm³/mol. The van der Waals surface area contributed by atoms with E-state index in [-0.39, 0.29) is 6.10 Å². The molecule has 21 heavy (non-hydrogen) atoms. The Kier molecular flexibility index (Phi) is 3.82. The molecule has 2 nitrogen and oxygen atoms in total. The molecule has 0 aromatic rings. The van der Waals surface area contributed by atoms with E-state index >= 15 is 0 Å². The summed E-state index contributed by atoms with van der Waals surface area (Å²) in [5.41, 5.74) is 0.606. The van der Waals surface area contributed by atoms with Crippen molar-refractivity contribution in [3.8, 4) is 0 Å². The fourth-order valence-electron chi connectivity index (χ4n) is 6.68. The molecule has 2 N–H and O–H groups in total. The van der Waals surface area contributed by atoms with Crippen LogP contribution in [0.5, 0.6) is 0 Å². The highest BCUT2D eigenvalue weighted by atomic mass is 16.3. The molecule has 0 amide bonds. The second kappa shape index (κ2) is 5.53. The number of rotatable bonds is 4. The first kappa shape index (κ1) is 14.5. The van der Waals surface area contributed by atoms with Crippen molar-refractivity contribution in [2.75, 3.05) is 6.54 Å². The van der Waals surface area contributed by atoms with Crippen LogP contribution in [0.3, 0.4) is 0 Å². The zero-order valence-corrected chi connectivity index (χ0v) is 13.7. The maximum absolute atomic E-state index is 10.2. The lowest BCUT2D eigenvalue weighted by Gasteiger charge is -2.59. The number of aliphatic hydroxyl groups excluding tert-OH is 1. The Balaban J connectivity index is 1.37. The first-order chi connectivity index (χ1) is 10.1. The molecule has 2 heteroatoms. The Hall–Kier alpha value is -0.0800. The molecule has 0 radical (unpaired) electrons. The van der Waals surface area contributed by atoms with Gasteiger partial charge >= 0.3 is 0 Å². The highest BCUT2D eigenvalue weighted by molar-refractivity contribution is 5.05. The van der Waals surface area contributed by atoms with E-state index in [2.05, 4.69) is 12.2 Å². The standard InChI is InChI=1S/C19H33NO/c1-13(20-12-17-4-2-3-5-18(17)21)19-9-14-6-15(10-19)8-16(7-14)11-19/h13-18,20-21H,2-12H2,1H3. The minimum atomic E-state index is -0.0465. The second-order valence-corrected chi connectivity index (χ2v) is 9.02. The molecule has 5 fully saturated rings. The van der Waals surface area contributed by atoms with Crippen LogP contribution in [-0.2, 0) is 0 Å². The van der Waals surface area contributed by atoms with Crippen LogP contribution in [0.1, 0.15) is 71.1 Å². The van der Waals surface area contributed by atoms with Crippen LogP contribution in [-0.4, -0.2) is 23.8 Å². The lowest BCUT2D eigenvalue weighted by Crippen LogP contribution is -2.55. The zero-order valence-electron chi connectivity index (χ0n) is 13.7. The van der Waals surface area contributed by atoms with Crippen LogP contribution in [0.25, 0.3) is 0 Å². The number of aliphatic hydroxyl groups is 1. The van der Waals surface area contributed by atoms with Crippen molar-refractivity contribution in [3.05, 3.63) is 0 Å². The Labute approximate surface area is 130 Å². The van der Waals surface area contributed by atoms with Crippen LogP contribution in [0, 0.1) is 29.1 Å². The average Bonchev–Trinajstić information content (AvgIpc) is 2.44. The Bertz CT molecular complexity index is 344. The smallest absolute Gasteiger partial charge is 0.0580 e. The SMILES string of the molecule is CC(NCC1CCCCC1O)C12CC3CC(CC(C3)C1)C2. The molecule has 5 saturated carbocycles. The normalized spacial score (nSPS) is 50.3. The van der Waals surface area contributed by atoms with Gasteiger partial charge in [0.25, 0.3) is 0 Å². The van der Waals surface area contributed by atoms with Gasteiger partial charge in [0.15, 0.2) is 0 Å². The summed E-state index contributed by atoms with van der Waals surface area (Å²) >= 11 is 0. The second-order valence-electron chi connectivity index (χ2n) is 9.02. The van der Waals surface area contributed by atoms with Crippen LogP contribution >= 0.6 is 0 Å². The van der Waals surface area contributed by atoms with E-state index in [0.29, 0.717) is 17.4 Å². The third-order valence-electron chi connectivity index (χ3n) is 7.56. The summed E-state index contributed by atoms with van der Waals surface area (Å²) in [6.45, 7) is 3.49. The summed E-state index contributed by atoms with van der Waals surface area (Å²) in [5.74, 6) is 3.64. The number of nitrogens with one attached hydrogen (secondary N) is 1. The van der Waals surface area contributed by atoms with Crippen molar-refractivity contribution in [2.45, 2.75) is 83.3 Å². The fourth-order valence-corrected chi connectivity index (χ4v) is 6.68. The summed E-state index contributed by atoms with van der Waals surface area (Å²) < 4.78 is 0. The molecule has 5 rings (SSSR count). The Morgan fingerprint density at radius 1 is 1.00 bits per heavy atom. The van der Waals surface area contributed by atoms with Gasteiger partial charge in [0.2, 0.25) is 0 Å². The van der Waals surface area contributed by atoms with Crippen LogP contribution in [0.4, 0.5) is 0 Å². The number of hydrogen-bond donors (Lipinski definition) is 2. The lowest BCUT2D eigenvalue weighted by atomic mass is 9.48. The molecule has 0 aromatic heterocycles. The first-order valence-corrected chi connectivity index (χ1v) is 9.56. The highest BCUT2D eigenvalue weighted by Gasteiger charge is 2.53. The lowest BCUT2D eigenvalue weighted by molar-refractivity contribution is -0.0719. The molecule has 3 atom stereocenters. The van der Waals surface area contributed by atoms with Gasteiger partial charge in [-0.3, -0.25) is 0 Å². The van der Waals surface area contributed by atoms with Gasteiger partial charge in [0.05, 0.1) is 6.10 Å². The van der Waals surface area contributed by atoms with Gasteiger partial charge in [-0.1, -0.05) is 12.8 Å². The van der Waals surface area contributed by atoms with E-state index in [0.717, 1.165) is 30.7 Å². The average molecular weight is 291 g/mol. The molecule has 4 bridgehead atoms. The molecule has 0 aliphatic heterocycles. The van der Waals surface area contributed by atoms with Crippen LogP contribution in [0.15, 0.2) is 0 Å². The summed E-state index contributed by atoms with van der Waals surface area (Å²) in [4.78, 5) is 0. The van der Waals surface area contributed by atoms with Crippen LogP contribution < -0.4 is 5.32 Å². The maximum Gasteiger partial charge on any atom is 0.0580 e. The maximum atomic E-state index is 10.2. The Morgan fingerprint density at radius 2 is 1.57 bits per heavy atom. The van der Waals surface area contributed by atoms with Crippen LogP contribution in [0.2, 0.25) is 0 Å². The minimum Gasteiger partial charge on any atom is -0.393 e. The van der Waals surface area contributed by atoms with E-state index in [1.165, 1.54) is 57.8 Å². The van der Waals surface area contributed by atoms with Gasteiger partial charge < -0.3 is 10.4 Å². The molecule has 3 unspecified atom stereocenters. The van der Waals surface area contributed by atoms with Gasteiger partial charge in [0, 0.05) is 12.6 Å². The number of hydrogen-bond acceptors (Lipinski definition) is 2. The van der Waals surface area contributed by atoms with E-state index in [1.807, 2.05) is 0 Å². The quantitative estimate of drug-likeness (QED) is 0.827. The van der Waals surface area contributed by atoms with Crippen molar-refractivity contribution in [1.29, 1.82) is 0 Å². The van der Waals surface area contributed by atoms with Gasteiger partial charge in [-0.25, -0.2) is 0 Å². The van der Waals surface area contributed by atoms with Crippen molar-refractivity contribution in [3.63, 3.8) is 0 Å². The van der Waals surface area contributed by atoms with E-state index < -0.39 is 0 Å². The molecule has 0 saturated heterocycles. The van der Waals surface area contributed by atoms with E-state index in [4.69, 9.17) is 0 Å². The van der Waals surface area contributed by atoms with Crippen molar-refractivity contribution in [1.82, 2.24) is 5.32 Å². The van der Waals surface area contributed by atoms with Crippen molar-refractivity contribution < 1.29 is 5.11 Å². The molecule has 0 aromatic carbocycles. The van der Waals surface area contributed by atoms with Gasteiger partial charge in [-0.05, 0) is 87.4 Å². The third-order valence-corrected chi connectivity index (χ3v) is 7.56. The molecule has 0 spiro atoms. The third kappa shape index (κ3) is 2.67. The minimum absolute atomic E-state index is 0.0465. The molecule has 120 valence electrons. The topological polar surface area (TPSA) is 32.3 Å². The van der Waals surface area contributed by atoms with E-state index in [9.17, 15) is 5.11 Å². The zero-order chi connectivity index (χ0) is 14.4. The molecular formula is C19H33NO. The van der Waals surface area contributed by atoms with E-state index in [1.54, 1.807) is 0 Å². The predicted octanol–water partition coefficient (Wildman–Crippen LogP) is 3.73. The summed E-state index contributed by atoms with van der Waals surface area (Å²) in [5, 5.41) is 14.1. The van der Waals surface area contributed by atoms with Gasteiger partial charge in [0.1, 0.15) is 0 Å². The van der Waals surface area contributed by atoms with Crippen molar-refractivity contribution in [2.24, 2.45) is 29.1 Å². The summed E-state index contributed by atoms with van der Waals surface area (Å²) in [7, 11) is 0. The highest BCUT2D eigenvalue weighted by Crippen LogP contribution is 2.61. The monoisotopic (exact) mass is 291 g/mol. The molecular weight excluding hydrogens is 258 g/mol. The van der Waals surface area contributed by atoms with Gasteiger partial charge in [-0.15, -0.1) is 0 Å². The molecule has 0 heterocycles. The Morgan fingerprint density at radius 3 is 2.14 bits per heavy atom. The summed E-state index contributed by atoms with van der Waals surface area (Å²) in [6.07, 6.45) is 13.8. The first-order valence-electron chi connectivity index (χ1n) is 9.56. The van der Waals surface area contributed by atoms with Gasteiger partial charge in [-0.2, -0.15) is 0 Å².